The van der Waals surface area contributed by atoms with Gasteiger partial charge in [0.05, 0.1) is 12.7 Å². The lowest BCUT2D eigenvalue weighted by molar-refractivity contribution is 0.399. The maximum atomic E-state index is 6.50. The molecule has 0 amide bonds. The minimum atomic E-state index is 0.133. The maximum Gasteiger partial charge on any atom is 0.139 e. The zero-order valence-corrected chi connectivity index (χ0v) is 16.6. The molecule has 0 radical (unpaired) electrons. The molecule has 3 aromatic carbocycles. The Hall–Kier alpha value is -3.04. The molecule has 0 N–H and O–H groups in total. The Bertz CT molecular complexity index is 992. The number of ether oxygens (including phenoxy) is 2. The van der Waals surface area contributed by atoms with E-state index in [1.54, 1.807) is 7.11 Å². The Labute approximate surface area is 166 Å². The molecule has 0 bridgehead atoms. The molecule has 0 spiro atoms. The fraction of sp³-hybridized carbons (Fsp3) is 0.200. The van der Waals surface area contributed by atoms with Crippen LogP contribution in [0.3, 0.4) is 0 Å². The molecule has 0 aromatic heterocycles. The summed E-state index contributed by atoms with van der Waals surface area (Å²) in [5.74, 6) is 2.74. The van der Waals surface area contributed by atoms with Gasteiger partial charge in [0.25, 0.3) is 0 Å². The number of likely N-dealkylation sites (N-methyl/N-ethyl adjacent to an activating group) is 1. The van der Waals surface area contributed by atoms with Crippen LogP contribution in [0.15, 0.2) is 84.4 Å². The number of hydrogen-bond acceptors (Lipinski definition) is 3. The van der Waals surface area contributed by atoms with Crippen molar-refractivity contribution in [1.29, 1.82) is 0 Å². The summed E-state index contributed by atoms with van der Waals surface area (Å²) in [5, 5.41) is 0. The molecule has 0 fully saturated rings. The second-order valence-electron chi connectivity index (χ2n) is 7.28. The van der Waals surface area contributed by atoms with E-state index in [1.807, 2.05) is 30.3 Å². The number of methoxy groups -OCH3 is 1. The zero-order chi connectivity index (χ0) is 19.5. The first-order chi connectivity index (χ1) is 13.7. The fourth-order valence-corrected chi connectivity index (χ4v) is 3.90. The van der Waals surface area contributed by atoms with E-state index in [-0.39, 0.29) is 5.92 Å². The van der Waals surface area contributed by atoms with Crippen LogP contribution in [0.25, 0.3) is 5.76 Å². The Balaban J connectivity index is 1.98. The number of para-hydroxylation sites is 2. The number of hydrogen-bond donors (Lipinski definition) is 0. The summed E-state index contributed by atoms with van der Waals surface area (Å²) in [6.45, 7) is 0.793. The SMILES string of the molecule is COc1ccccc1C1=C(CN(C)C)[C@H](c2ccccc2)c2ccccc2O1. The molecule has 28 heavy (non-hydrogen) atoms. The quantitative estimate of drug-likeness (QED) is 0.616. The average molecular weight is 371 g/mol. The average Bonchev–Trinajstić information content (AvgIpc) is 2.73. The summed E-state index contributed by atoms with van der Waals surface area (Å²) in [6.07, 6.45) is 0. The van der Waals surface area contributed by atoms with E-state index in [2.05, 4.69) is 67.5 Å². The Morgan fingerprint density at radius 1 is 0.857 bits per heavy atom. The van der Waals surface area contributed by atoms with Crippen molar-refractivity contribution in [2.45, 2.75) is 5.92 Å². The highest BCUT2D eigenvalue weighted by atomic mass is 16.5. The molecular formula is C25H25NO2. The van der Waals surface area contributed by atoms with Gasteiger partial charge >= 0.3 is 0 Å². The second-order valence-corrected chi connectivity index (χ2v) is 7.28. The molecule has 142 valence electrons. The van der Waals surface area contributed by atoms with Gasteiger partial charge in [-0.15, -0.1) is 0 Å². The van der Waals surface area contributed by atoms with Crippen molar-refractivity contribution in [2.24, 2.45) is 0 Å². The fourth-order valence-electron chi connectivity index (χ4n) is 3.90. The summed E-state index contributed by atoms with van der Waals surface area (Å²) in [7, 11) is 5.89. The van der Waals surface area contributed by atoms with Crippen molar-refractivity contribution in [3.63, 3.8) is 0 Å². The van der Waals surface area contributed by atoms with E-state index in [0.717, 1.165) is 29.4 Å². The van der Waals surface area contributed by atoms with E-state index in [1.165, 1.54) is 16.7 Å². The molecule has 0 saturated carbocycles. The first-order valence-electron chi connectivity index (χ1n) is 9.52. The molecule has 1 aliphatic rings. The number of rotatable bonds is 5. The summed E-state index contributed by atoms with van der Waals surface area (Å²) in [5.41, 5.74) is 4.68. The van der Waals surface area contributed by atoms with Gasteiger partial charge in [-0.2, -0.15) is 0 Å². The highest BCUT2D eigenvalue weighted by Crippen LogP contribution is 2.46. The van der Waals surface area contributed by atoms with Crippen molar-refractivity contribution in [3.05, 3.63) is 101 Å². The van der Waals surface area contributed by atoms with Gasteiger partial charge in [0, 0.05) is 18.0 Å². The standard InChI is InChI=1S/C25H25NO2/c1-26(2)17-21-24(18-11-5-4-6-12-18)19-13-7-10-16-23(19)28-25(21)20-14-8-9-15-22(20)27-3/h4-16,24H,17H2,1-3H3/t24-/m1/s1. The van der Waals surface area contributed by atoms with Gasteiger partial charge in [-0.25, -0.2) is 0 Å². The van der Waals surface area contributed by atoms with E-state index in [4.69, 9.17) is 9.47 Å². The minimum absolute atomic E-state index is 0.133. The highest BCUT2D eigenvalue weighted by Gasteiger charge is 2.32. The summed E-state index contributed by atoms with van der Waals surface area (Å²) < 4.78 is 12.2. The van der Waals surface area contributed by atoms with Crippen LogP contribution < -0.4 is 9.47 Å². The van der Waals surface area contributed by atoms with E-state index in [9.17, 15) is 0 Å². The van der Waals surface area contributed by atoms with Gasteiger partial charge in [-0.05, 0) is 43.4 Å². The third kappa shape index (κ3) is 3.41. The predicted octanol–water partition coefficient (Wildman–Crippen LogP) is 5.19. The molecule has 0 saturated heterocycles. The summed E-state index contributed by atoms with van der Waals surface area (Å²) >= 11 is 0. The Morgan fingerprint density at radius 3 is 2.29 bits per heavy atom. The number of benzene rings is 3. The van der Waals surface area contributed by atoms with E-state index < -0.39 is 0 Å². The van der Waals surface area contributed by atoms with Crippen LogP contribution in [0.2, 0.25) is 0 Å². The zero-order valence-electron chi connectivity index (χ0n) is 16.6. The van der Waals surface area contributed by atoms with Crippen LogP contribution in [0.4, 0.5) is 0 Å². The Kier molecular flexibility index (Phi) is 5.18. The van der Waals surface area contributed by atoms with Crippen LogP contribution in [0.5, 0.6) is 11.5 Å². The lowest BCUT2D eigenvalue weighted by Crippen LogP contribution is -2.25. The first kappa shape index (κ1) is 18.3. The molecule has 3 nitrogen and oxygen atoms in total. The van der Waals surface area contributed by atoms with Gasteiger partial charge in [0.2, 0.25) is 0 Å². The normalized spacial score (nSPS) is 15.9. The largest absolute Gasteiger partial charge is 0.496 e. The molecular weight excluding hydrogens is 346 g/mol. The first-order valence-corrected chi connectivity index (χ1v) is 9.52. The molecule has 4 rings (SSSR count). The number of nitrogens with zero attached hydrogens (tertiary/aromatic N) is 1. The molecule has 3 heteroatoms. The van der Waals surface area contributed by atoms with Crippen LogP contribution in [-0.2, 0) is 0 Å². The molecule has 1 atom stereocenters. The van der Waals surface area contributed by atoms with Crippen molar-refractivity contribution in [3.8, 4) is 11.5 Å². The lowest BCUT2D eigenvalue weighted by Gasteiger charge is -2.33. The smallest absolute Gasteiger partial charge is 0.139 e. The third-order valence-corrected chi connectivity index (χ3v) is 5.05. The maximum absolute atomic E-state index is 6.50. The molecule has 1 heterocycles. The second kappa shape index (κ2) is 7.91. The number of fused-ring (bicyclic) bond motifs is 1. The van der Waals surface area contributed by atoms with Gasteiger partial charge in [0.1, 0.15) is 17.3 Å². The van der Waals surface area contributed by atoms with Gasteiger partial charge in [-0.3, -0.25) is 0 Å². The third-order valence-electron chi connectivity index (χ3n) is 5.05. The summed E-state index contributed by atoms with van der Waals surface area (Å²) in [6, 6.07) is 27.0. The molecule has 0 aliphatic carbocycles. The predicted molar refractivity (Wildman–Crippen MR) is 114 cm³/mol. The highest BCUT2D eigenvalue weighted by molar-refractivity contribution is 5.75. The van der Waals surface area contributed by atoms with E-state index in [0.29, 0.717) is 0 Å². The summed E-state index contributed by atoms with van der Waals surface area (Å²) in [4.78, 5) is 2.19. The van der Waals surface area contributed by atoms with Crippen molar-refractivity contribution >= 4 is 5.76 Å². The van der Waals surface area contributed by atoms with E-state index >= 15 is 0 Å². The monoisotopic (exact) mass is 371 g/mol. The topological polar surface area (TPSA) is 21.7 Å². The van der Waals surface area contributed by atoms with Crippen LogP contribution >= 0.6 is 0 Å². The molecule has 1 aliphatic heterocycles. The van der Waals surface area contributed by atoms with Crippen molar-refractivity contribution in [2.75, 3.05) is 27.7 Å². The van der Waals surface area contributed by atoms with Crippen LogP contribution in [-0.4, -0.2) is 32.6 Å². The van der Waals surface area contributed by atoms with Crippen LogP contribution in [0.1, 0.15) is 22.6 Å². The lowest BCUT2D eigenvalue weighted by atomic mass is 9.81. The molecule has 0 unspecified atom stereocenters. The van der Waals surface area contributed by atoms with Gasteiger partial charge in [0.15, 0.2) is 0 Å². The van der Waals surface area contributed by atoms with Crippen LogP contribution in [0, 0.1) is 0 Å². The van der Waals surface area contributed by atoms with Crippen molar-refractivity contribution in [1.82, 2.24) is 4.90 Å². The van der Waals surface area contributed by atoms with Crippen molar-refractivity contribution < 1.29 is 9.47 Å². The van der Waals surface area contributed by atoms with Gasteiger partial charge < -0.3 is 14.4 Å². The molecule has 3 aromatic rings. The Morgan fingerprint density at radius 2 is 1.54 bits per heavy atom. The minimum Gasteiger partial charge on any atom is -0.496 e. The van der Waals surface area contributed by atoms with Gasteiger partial charge in [-0.1, -0.05) is 60.7 Å².